The molecule has 1 unspecified atom stereocenters. The highest BCUT2D eigenvalue weighted by Gasteiger charge is 2.21. The molecule has 1 heterocycles. The number of nitrogens with one attached hydrogen (secondary N) is 1. The van der Waals surface area contributed by atoms with Gasteiger partial charge in [0, 0.05) is 24.1 Å². The van der Waals surface area contributed by atoms with Gasteiger partial charge in [0.2, 0.25) is 10.0 Å². The van der Waals surface area contributed by atoms with Crippen LogP contribution in [-0.4, -0.2) is 27.7 Å². The van der Waals surface area contributed by atoms with Gasteiger partial charge in [-0.3, -0.25) is 0 Å². The van der Waals surface area contributed by atoms with Gasteiger partial charge in [0.15, 0.2) is 0 Å². The lowest BCUT2D eigenvalue weighted by atomic mass is 10.4. The highest BCUT2D eigenvalue weighted by Crippen LogP contribution is 2.21. The monoisotopic (exact) mass is 278 g/mol. The van der Waals surface area contributed by atoms with Crippen molar-refractivity contribution < 1.29 is 13.2 Å². The maximum absolute atomic E-state index is 12.0. The smallest absolute Gasteiger partial charge is 0.242 e. The molecule has 0 aromatic carbocycles. The first-order chi connectivity index (χ1) is 8.01. The third-order valence-electron chi connectivity index (χ3n) is 2.11. The van der Waals surface area contributed by atoms with Crippen molar-refractivity contribution in [2.24, 2.45) is 5.73 Å². The van der Waals surface area contributed by atoms with E-state index in [4.69, 9.17) is 10.5 Å². The third kappa shape index (κ3) is 4.04. The van der Waals surface area contributed by atoms with E-state index in [-0.39, 0.29) is 17.5 Å². The maximum Gasteiger partial charge on any atom is 0.242 e. The van der Waals surface area contributed by atoms with Crippen LogP contribution in [0.1, 0.15) is 18.7 Å². The van der Waals surface area contributed by atoms with Gasteiger partial charge in [-0.15, -0.1) is 11.3 Å². The lowest BCUT2D eigenvalue weighted by Crippen LogP contribution is -2.36. The topological polar surface area (TPSA) is 81.4 Å². The number of nitrogens with two attached hydrogens (primary N) is 1. The molecule has 5 nitrogen and oxygen atoms in total. The minimum Gasteiger partial charge on any atom is -0.380 e. The van der Waals surface area contributed by atoms with Crippen LogP contribution in [0.15, 0.2) is 16.3 Å². The fourth-order valence-electron chi connectivity index (χ4n) is 1.37. The molecule has 1 aromatic heterocycles. The highest BCUT2D eigenvalue weighted by atomic mass is 32.2. The molecule has 7 heteroatoms. The lowest BCUT2D eigenvalue weighted by Gasteiger charge is -2.14. The molecule has 0 aliphatic carbocycles. The molecule has 0 radical (unpaired) electrons. The van der Waals surface area contributed by atoms with Crippen LogP contribution in [0.4, 0.5) is 0 Å². The van der Waals surface area contributed by atoms with Crippen LogP contribution >= 0.6 is 11.3 Å². The molecule has 0 fully saturated rings. The summed E-state index contributed by atoms with van der Waals surface area (Å²) in [5, 5.41) is 1.73. The Morgan fingerprint density at radius 3 is 2.88 bits per heavy atom. The van der Waals surface area contributed by atoms with Crippen LogP contribution in [0.3, 0.4) is 0 Å². The summed E-state index contributed by atoms with van der Waals surface area (Å²) in [6, 6.07) is 1.31. The van der Waals surface area contributed by atoms with Gasteiger partial charge in [0.1, 0.15) is 0 Å². The average Bonchev–Trinajstić information content (AvgIpc) is 2.74. The van der Waals surface area contributed by atoms with E-state index in [2.05, 4.69) is 4.72 Å². The molecular weight excluding hydrogens is 260 g/mol. The summed E-state index contributed by atoms with van der Waals surface area (Å²) in [7, 11) is -3.49. The van der Waals surface area contributed by atoms with Gasteiger partial charge in [0.05, 0.1) is 11.5 Å². The summed E-state index contributed by atoms with van der Waals surface area (Å²) >= 11 is 1.35. The summed E-state index contributed by atoms with van der Waals surface area (Å²) in [5.74, 6) is 0. The minimum absolute atomic E-state index is 0.230. The fourth-order valence-corrected chi connectivity index (χ4v) is 3.94. The van der Waals surface area contributed by atoms with Crippen LogP contribution in [0.5, 0.6) is 0 Å². The summed E-state index contributed by atoms with van der Waals surface area (Å²) in [6.45, 7) is 4.79. The number of ether oxygens (including phenoxy) is 1. The molecule has 98 valence electrons. The van der Waals surface area contributed by atoms with E-state index in [1.807, 2.05) is 6.92 Å². The molecule has 0 saturated heterocycles. The van der Waals surface area contributed by atoms with Crippen molar-refractivity contribution in [3.05, 3.63) is 16.3 Å². The van der Waals surface area contributed by atoms with E-state index in [0.717, 1.165) is 0 Å². The van der Waals surface area contributed by atoms with Crippen LogP contribution in [0, 0.1) is 0 Å². The summed E-state index contributed by atoms with van der Waals surface area (Å²) in [6.07, 6.45) is 0. The number of rotatable bonds is 7. The summed E-state index contributed by atoms with van der Waals surface area (Å²) in [4.78, 5) is 0.939. The molecule has 0 aliphatic rings. The molecular formula is C10H18N2O3S2. The zero-order chi connectivity index (χ0) is 12.9. The second-order valence-corrected chi connectivity index (χ2v) is 6.28. The van der Waals surface area contributed by atoms with Crippen LogP contribution in [0.25, 0.3) is 0 Å². The van der Waals surface area contributed by atoms with Gasteiger partial charge < -0.3 is 10.5 Å². The van der Waals surface area contributed by atoms with E-state index < -0.39 is 10.0 Å². The van der Waals surface area contributed by atoms with E-state index in [9.17, 15) is 8.42 Å². The van der Waals surface area contributed by atoms with Crippen LogP contribution < -0.4 is 10.5 Å². The number of thiophene rings is 1. The maximum atomic E-state index is 12.0. The highest BCUT2D eigenvalue weighted by molar-refractivity contribution is 7.89. The Morgan fingerprint density at radius 1 is 1.59 bits per heavy atom. The molecule has 0 bridgehead atoms. The molecule has 3 N–H and O–H groups in total. The largest absolute Gasteiger partial charge is 0.380 e. The molecule has 17 heavy (non-hydrogen) atoms. The Hall–Kier alpha value is -0.470. The molecule has 0 amide bonds. The Labute approximate surface area is 106 Å². The molecule has 1 atom stereocenters. The Balaban J connectivity index is 2.75. The number of hydrogen-bond acceptors (Lipinski definition) is 5. The predicted octanol–water partition coefficient (Wildman–Crippen LogP) is 0.910. The first-order valence-corrected chi connectivity index (χ1v) is 7.74. The van der Waals surface area contributed by atoms with Gasteiger partial charge >= 0.3 is 0 Å². The Morgan fingerprint density at radius 2 is 2.29 bits per heavy atom. The Bertz CT molecular complexity index is 442. The van der Waals surface area contributed by atoms with E-state index in [0.29, 0.717) is 18.1 Å². The molecule has 0 saturated carbocycles. The average molecular weight is 278 g/mol. The van der Waals surface area contributed by atoms with Crippen molar-refractivity contribution in [1.82, 2.24) is 4.72 Å². The van der Waals surface area contributed by atoms with Crippen molar-refractivity contribution in [1.29, 1.82) is 0 Å². The van der Waals surface area contributed by atoms with Gasteiger partial charge in [-0.1, -0.05) is 0 Å². The van der Waals surface area contributed by atoms with E-state index >= 15 is 0 Å². The molecule has 0 spiro atoms. The summed E-state index contributed by atoms with van der Waals surface area (Å²) < 4.78 is 31.8. The van der Waals surface area contributed by atoms with Crippen molar-refractivity contribution in [3.63, 3.8) is 0 Å². The van der Waals surface area contributed by atoms with Gasteiger partial charge in [-0.2, -0.15) is 0 Å². The minimum atomic E-state index is -3.49. The second kappa shape index (κ2) is 6.46. The zero-order valence-electron chi connectivity index (χ0n) is 9.97. The number of hydrogen-bond donors (Lipinski definition) is 2. The normalized spacial score (nSPS) is 13.8. The third-order valence-corrected chi connectivity index (χ3v) is 4.85. The van der Waals surface area contributed by atoms with Gasteiger partial charge in [-0.05, 0) is 25.3 Å². The SMILES string of the molecule is CCOCC(C)NS(=O)(=O)c1ccsc1CN. The van der Waals surface area contributed by atoms with Crippen molar-refractivity contribution in [2.75, 3.05) is 13.2 Å². The van der Waals surface area contributed by atoms with Crippen molar-refractivity contribution in [3.8, 4) is 0 Å². The standard InChI is InChI=1S/C10H18N2O3S2/c1-3-15-7-8(2)12-17(13,14)10-4-5-16-9(10)6-11/h4-5,8,12H,3,6-7,11H2,1-2H3. The van der Waals surface area contributed by atoms with Crippen LogP contribution in [0.2, 0.25) is 0 Å². The predicted molar refractivity (Wildman–Crippen MR) is 68.5 cm³/mol. The number of sulfonamides is 1. The molecule has 1 aromatic rings. The van der Waals surface area contributed by atoms with E-state index in [1.54, 1.807) is 18.4 Å². The van der Waals surface area contributed by atoms with Crippen molar-refractivity contribution >= 4 is 21.4 Å². The molecule has 1 rings (SSSR count). The fraction of sp³-hybridized carbons (Fsp3) is 0.600. The summed E-state index contributed by atoms with van der Waals surface area (Å²) in [5.41, 5.74) is 5.50. The van der Waals surface area contributed by atoms with Crippen LogP contribution in [-0.2, 0) is 21.3 Å². The lowest BCUT2D eigenvalue weighted by molar-refractivity contribution is 0.133. The first-order valence-electron chi connectivity index (χ1n) is 5.37. The second-order valence-electron chi connectivity index (χ2n) is 3.59. The van der Waals surface area contributed by atoms with Gasteiger partial charge in [-0.25, -0.2) is 13.1 Å². The molecule has 0 aliphatic heterocycles. The zero-order valence-corrected chi connectivity index (χ0v) is 11.6. The van der Waals surface area contributed by atoms with Gasteiger partial charge in [0.25, 0.3) is 0 Å². The Kier molecular flexibility index (Phi) is 5.54. The van der Waals surface area contributed by atoms with Crippen molar-refractivity contribution in [2.45, 2.75) is 31.3 Å². The van der Waals surface area contributed by atoms with E-state index in [1.165, 1.54) is 11.3 Å². The quantitative estimate of drug-likeness (QED) is 0.777. The first kappa shape index (κ1) is 14.6.